The molecule has 3 heterocycles. The third-order valence-corrected chi connectivity index (χ3v) is 3.58. The maximum absolute atomic E-state index is 12.3. The Morgan fingerprint density at radius 3 is 2.87 bits per heavy atom. The van der Waals surface area contributed by atoms with Crippen LogP contribution in [0.2, 0.25) is 0 Å². The molecule has 1 saturated heterocycles. The number of carbonyl (C=O) groups excluding carboxylic acids is 2. The standard InChI is InChI=1S/C14H14N4O5/c1-17-6-9(5-15-17)18-3-2-10(13(18)20)16-12(19)11-4-8(7-23-11)14(21)22/h4-7,10H,2-3H2,1H3,(H,16,19)(H,21,22)/t10-/m0/s1. The van der Waals surface area contributed by atoms with Gasteiger partial charge in [-0.05, 0) is 6.42 Å². The summed E-state index contributed by atoms with van der Waals surface area (Å²) in [7, 11) is 1.75. The Bertz CT molecular complexity index is 778. The minimum Gasteiger partial charge on any atom is -0.478 e. The average Bonchev–Trinajstić information content (AvgIpc) is 3.20. The molecule has 0 spiro atoms. The number of nitrogens with zero attached hydrogens (tertiary/aromatic N) is 3. The van der Waals surface area contributed by atoms with Crippen LogP contribution in [0.25, 0.3) is 0 Å². The third kappa shape index (κ3) is 2.80. The van der Waals surface area contributed by atoms with Crippen molar-refractivity contribution in [2.45, 2.75) is 12.5 Å². The lowest BCUT2D eigenvalue weighted by atomic mass is 10.2. The van der Waals surface area contributed by atoms with Gasteiger partial charge >= 0.3 is 5.97 Å². The SMILES string of the molecule is Cn1cc(N2CC[C@H](NC(=O)c3cc(C(=O)O)co3)C2=O)cn1. The van der Waals surface area contributed by atoms with Gasteiger partial charge in [0.2, 0.25) is 5.91 Å². The molecule has 2 aromatic rings. The molecule has 9 nitrogen and oxygen atoms in total. The van der Waals surface area contributed by atoms with Gasteiger partial charge < -0.3 is 19.7 Å². The van der Waals surface area contributed by atoms with Crippen LogP contribution in [0.3, 0.4) is 0 Å². The lowest BCUT2D eigenvalue weighted by Gasteiger charge is -2.14. The number of aryl methyl sites for hydroxylation is 1. The van der Waals surface area contributed by atoms with E-state index in [1.54, 1.807) is 29.0 Å². The topological polar surface area (TPSA) is 118 Å². The second-order valence-corrected chi connectivity index (χ2v) is 5.18. The smallest absolute Gasteiger partial charge is 0.338 e. The summed E-state index contributed by atoms with van der Waals surface area (Å²) in [6.45, 7) is 0.466. The first kappa shape index (κ1) is 14.8. The van der Waals surface area contributed by atoms with E-state index in [4.69, 9.17) is 9.52 Å². The van der Waals surface area contributed by atoms with Crippen LogP contribution in [-0.2, 0) is 11.8 Å². The van der Waals surface area contributed by atoms with Gasteiger partial charge in [-0.1, -0.05) is 0 Å². The molecule has 0 bridgehead atoms. The van der Waals surface area contributed by atoms with Crippen LogP contribution in [0.15, 0.2) is 29.1 Å². The fraction of sp³-hybridized carbons (Fsp3) is 0.286. The molecule has 1 atom stereocenters. The predicted octanol–water partition coefficient (Wildman–Crippen LogP) is 0.247. The fourth-order valence-electron chi connectivity index (χ4n) is 2.41. The van der Waals surface area contributed by atoms with Crippen molar-refractivity contribution in [2.24, 2.45) is 7.05 Å². The summed E-state index contributed by atoms with van der Waals surface area (Å²) in [6, 6.07) is 0.441. The van der Waals surface area contributed by atoms with E-state index in [1.807, 2.05) is 0 Å². The molecular weight excluding hydrogens is 304 g/mol. The molecule has 1 aliphatic heterocycles. The summed E-state index contributed by atoms with van der Waals surface area (Å²) in [5.41, 5.74) is 0.547. The Balaban J connectivity index is 1.67. The molecule has 0 unspecified atom stereocenters. The maximum atomic E-state index is 12.3. The minimum atomic E-state index is -1.19. The Labute approximate surface area is 130 Å². The number of furan rings is 1. The Morgan fingerprint density at radius 1 is 1.48 bits per heavy atom. The Kier molecular flexibility index (Phi) is 3.61. The number of hydrogen-bond donors (Lipinski definition) is 2. The van der Waals surface area contributed by atoms with Gasteiger partial charge in [-0.25, -0.2) is 4.79 Å². The molecule has 2 N–H and O–H groups in total. The number of aromatic carboxylic acids is 1. The number of nitrogens with one attached hydrogen (secondary N) is 1. The zero-order chi connectivity index (χ0) is 16.6. The van der Waals surface area contributed by atoms with E-state index in [1.165, 1.54) is 0 Å². The number of carboxylic acid groups (broad SMARTS) is 1. The van der Waals surface area contributed by atoms with Gasteiger partial charge in [0.1, 0.15) is 12.3 Å². The molecular formula is C14H14N4O5. The van der Waals surface area contributed by atoms with Crippen molar-refractivity contribution in [2.75, 3.05) is 11.4 Å². The van der Waals surface area contributed by atoms with E-state index >= 15 is 0 Å². The van der Waals surface area contributed by atoms with Crippen LogP contribution in [0.4, 0.5) is 5.69 Å². The van der Waals surface area contributed by atoms with Crippen molar-refractivity contribution in [3.05, 3.63) is 36.0 Å². The zero-order valence-electron chi connectivity index (χ0n) is 12.2. The highest BCUT2D eigenvalue weighted by Crippen LogP contribution is 2.21. The van der Waals surface area contributed by atoms with Crippen molar-refractivity contribution in [1.29, 1.82) is 0 Å². The van der Waals surface area contributed by atoms with E-state index in [0.29, 0.717) is 18.7 Å². The molecule has 0 radical (unpaired) electrons. The third-order valence-electron chi connectivity index (χ3n) is 3.58. The summed E-state index contributed by atoms with van der Waals surface area (Å²) >= 11 is 0. The second-order valence-electron chi connectivity index (χ2n) is 5.18. The van der Waals surface area contributed by atoms with Crippen LogP contribution < -0.4 is 10.2 Å². The highest BCUT2D eigenvalue weighted by atomic mass is 16.4. The quantitative estimate of drug-likeness (QED) is 0.834. The number of anilines is 1. The highest BCUT2D eigenvalue weighted by molar-refractivity contribution is 6.03. The summed E-state index contributed by atoms with van der Waals surface area (Å²) in [6.07, 6.45) is 4.73. The lowest BCUT2D eigenvalue weighted by molar-refractivity contribution is -0.118. The Morgan fingerprint density at radius 2 is 2.26 bits per heavy atom. The van der Waals surface area contributed by atoms with Gasteiger partial charge in [0, 0.05) is 25.9 Å². The number of carboxylic acids is 1. The van der Waals surface area contributed by atoms with Gasteiger partial charge in [0.05, 0.1) is 17.4 Å². The summed E-state index contributed by atoms with van der Waals surface area (Å²) < 4.78 is 6.51. The molecule has 2 aromatic heterocycles. The van der Waals surface area contributed by atoms with Crippen molar-refractivity contribution in [1.82, 2.24) is 15.1 Å². The minimum absolute atomic E-state index is 0.120. The summed E-state index contributed by atoms with van der Waals surface area (Å²) in [5, 5.41) is 15.4. The predicted molar refractivity (Wildman–Crippen MR) is 77.1 cm³/mol. The molecule has 0 aliphatic carbocycles. The van der Waals surface area contributed by atoms with E-state index in [0.717, 1.165) is 12.3 Å². The van der Waals surface area contributed by atoms with Gasteiger partial charge in [-0.2, -0.15) is 5.10 Å². The van der Waals surface area contributed by atoms with Crippen molar-refractivity contribution >= 4 is 23.5 Å². The molecule has 2 amide bonds. The highest BCUT2D eigenvalue weighted by Gasteiger charge is 2.34. The number of rotatable bonds is 4. The maximum Gasteiger partial charge on any atom is 0.338 e. The molecule has 1 aliphatic rings. The van der Waals surface area contributed by atoms with Crippen LogP contribution >= 0.6 is 0 Å². The largest absolute Gasteiger partial charge is 0.478 e. The van der Waals surface area contributed by atoms with Crippen molar-refractivity contribution in [3.8, 4) is 0 Å². The molecule has 120 valence electrons. The summed E-state index contributed by atoms with van der Waals surface area (Å²) in [4.78, 5) is 36.7. The first-order valence-electron chi connectivity index (χ1n) is 6.88. The van der Waals surface area contributed by atoms with Gasteiger partial charge in [-0.15, -0.1) is 0 Å². The van der Waals surface area contributed by atoms with Crippen LogP contribution in [0, 0.1) is 0 Å². The van der Waals surface area contributed by atoms with Gasteiger partial charge in [0.15, 0.2) is 5.76 Å². The summed E-state index contributed by atoms with van der Waals surface area (Å²) in [5.74, 6) is -2.19. The fourth-order valence-corrected chi connectivity index (χ4v) is 2.41. The molecule has 23 heavy (non-hydrogen) atoms. The lowest BCUT2D eigenvalue weighted by Crippen LogP contribution is -2.41. The van der Waals surface area contributed by atoms with Crippen molar-refractivity contribution < 1.29 is 23.9 Å². The molecule has 1 fully saturated rings. The second kappa shape index (κ2) is 5.59. The first-order chi connectivity index (χ1) is 11.0. The van der Waals surface area contributed by atoms with Crippen molar-refractivity contribution in [3.63, 3.8) is 0 Å². The van der Waals surface area contributed by atoms with Gasteiger partial charge in [0.25, 0.3) is 5.91 Å². The van der Waals surface area contributed by atoms with Crippen LogP contribution in [0.5, 0.6) is 0 Å². The first-order valence-corrected chi connectivity index (χ1v) is 6.88. The zero-order valence-corrected chi connectivity index (χ0v) is 12.2. The molecule has 3 rings (SSSR count). The number of hydrogen-bond acceptors (Lipinski definition) is 5. The molecule has 9 heteroatoms. The van der Waals surface area contributed by atoms with Crippen LogP contribution in [0.1, 0.15) is 27.3 Å². The Hall–Kier alpha value is -3.10. The van der Waals surface area contributed by atoms with Crippen LogP contribution in [-0.4, -0.2) is 45.3 Å². The van der Waals surface area contributed by atoms with E-state index in [2.05, 4.69) is 10.4 Å². The monoisotopic (exact) mass is 318 g/mol. The number of carbonyl (C=O) groups is 3. The van der Waals surface area contributed by atoms with E-state index in [9.17, 15) is 14.4 Å². The number of aromatic nitrogens is 2. The molecule has 0 aromatic carbocycles. The van der Waals surface area contributed by atoms with Gasteiger partial charge in [-0.3, -0.25) is 14.3 Å². The normalized spacial score (nSPS) is 17.5. The number of amides is 2. The van der Waals surface area contributed by atoms with E-state index in [-0.39, 0.29) is 17.2 Å². The van der Waals surface area contributed by atoms with E-state index < -0.39 is 17.9 Å². The average molecular weight is 318 g/mol. The molecule has 0 saturated carbocycles.